The summed E-state index contributed by atoms with van der Waals surface area (Å²) in [6.45, 7) is 6.56. The van der Waals surface area contributed by atoms with Crippen LogP contribution in [0.3, 0.4) is 0 Å². The van der Waals surface area contributed by atoms with Gasteiger partial charge in [0.2, 0.25) is 0 Å². The molecular formula is C15H25N3O2. The van der Waals surface area contributed by atoms with Crippen molar-refractivity contribution in [3.63, 3.8) is 0 Å². The molecule has 0 saturated heterocycles. The zero-order valence-electron chi connectivity index (χ0n) is 12.8. The van der Waals surface area contributed by atoms with Crippen LogP contribution in [0.4, 0.5) is 0 Å². The summed E-state index contributed by atoms with van der Waals surface area (Å²) in [5.74, 6) is 0.331. The van der Waals surface area contributed by atoms with Crippen LogP contribution in [0.5, 0.6) is 0 Å². The van der Waals surface area contributed by atoms with Crippen molar-refractivity contribution >= 4 is 5.91 Å². The van der Waals surface area contributed by atoms with Gasteiger partial charge in [0.25, 0.3) is 5.91 Å². The van der Waals surface area contributed by atoms with Crippen molar-refractivity contribution in [3.8, 4) is 0 Å². The molecule has 1 aliphatic rings. The number of aromatic nitrogens is 2. The maximum Gasteiger partial charge on any atom is 0.254 e. The van der Waals surface area contributed by atoms with Crippen LogP contribution >= 0.6 is 0 Å². The zero-order chi connectivity index (χ0) is 15.0. The fraction of sp³-hybridized carbons (Fsp3) is 0.733. The number of hydrogen-bond acceptors (Lipinski definition) is 3. The van der Waals surface area contributed by atoms with E-state index in [1.165, 1.54) is 0 Å². The molecule has 5 heteroatoms. The van der Waals surface area contributed by atoms with Crippen molar-refractivity contribution in [2.24, 2.45) is 18.4 Å². The Morgan fingerprint density at radius 2 is 2.25 bits per heavy atom. The third-order valence-corrected chi connectivity index (χ3v) is 4.11. The summed E-state index contributed by atoms with van der Waals surface area (Å²) in [5, 5.41) is 16.9. The summed E-state index contributed by atoms with van der Waals surface area (Å²) in [6, 6.07) is 0. The molecule has 0 radical (unpaired) electrons. The molecular weight excluding hydrogens is 254 g/mol. The Bertz CT molecular complexity index is 495. The van der Waals surface area contributed by atoms with Gasteiger partial charge in [-0.3, -0.25) is 9.48 Å². The smallest absolute Gasteiger partial charge is 0.254 e. The summed E-state index contributed by atoms with van der Waals surface area (Å²) in [6.07, 6.45) is 5.99. The second-order valence-electron chi connectivity index (χ2n) is 7.15. The lowest BCUT2D eigenvalue weighted by Crippen LogP contribution is -2.57. The van der Waals surface area contributed by atoms with Crippen LogP contribution in [0.2, 0.25) is 0 Å². The third-order valence-electron chi connectivity index (χ3n) is 4.11. The number of rotatable bonds is 3. The van der Waals surface area contributed by atoms with Crippen molar-refractivity contribution in [1.82, 2.24) is 15.1 Å². The standard InChI is InChI=1S/C15H25N3O2/c1-11-5-14(2,3)9-15(6-11,10-19)17-13(20)12-7-16-18(4)8-12/h7-8,11,19H,5-6,9-10H2,1-4H3,(H,17,20)/t11-,15-/m1/s1. The summed E-state index contributed by atoms with van der Waals surface area (Å²) in [7, 11) is 1.78. The molecule has 5 nitrogen and oxygen atoms in total. The monoisotopic (exact) mass is 279 g/mol. The van der Waals surface area contributed by atoms with E-state index in [2.05, 4.69) is 31.2 Å². The molecule has 2 rings (SSSR count). The molecule has 0 aromatic carbocycles. The topological polar surface area (TPSA) is 67.2 Å². The van der Waals surface area contributed by atoms with Gasteiger partial charge in [0.1, 0.15) is 0 Å². The van der Waals surface area contributed by atoms with Gasteiger partial charge in [0.05, 0.1) is 23.9 Å². The molecule has 1 aromatic heterocycles. The van der Waals surface area contributed by atoms with Gasteiger partial charge in [-0.1, -0.05) is 20.8 Å². The minimum absolute atomic E-state index is 0.0211. The lowest BCUT2D eigenvalue weighted by Gasteiger charge is -2.47. The number of carbonyl (C=O) groups is 1. The van der Waals surface area contributed by atoms with Gasteiger partial charge in [-0.15, -0.1) is 0 Å². The second kappa shape index (κ2) is 5.20. The van der Waals surface area contributed by atoms with Gasteiger partial charge >= 0.3 is 0 Å². The molecule has 1 fully saturated rings. The Morgan fingerprint density at radius 3 is 2.75 bits per heavy atom. The largest absolute Gasteiger partial charge is 0.394 e. The maximum atomic E-state index is 12.3. The summed E-state index contributed by atoms with van der Waals surface area (Å²) in [4.78, 5) is 12.3. The SMILES string of the molecule is C[C@@H]1CC(C)(C)C[C@](CO)(NC(=O)c2cnn(C)c2)C1. The van der Waals surface area contributed by atoms with Crippen LogP contribution in [-0.4, -0.2) is 32.9 Å². The lowest BCUT2D eigenvalue weighted by atomic mass is 9.64. The maximum absolute atomic E-state index is 12.3. The van der Waals surface area contributed by atoms with Crippen molar-refractivity contribution in [1.29, 1.82) is 0 Å². The fourth-order valence-electron chi connectivity index (χ4n) is 3.85. The number of carbonyl (C=O) groups excluding carboxylic acids is 1. The highest BCUT2D eigenvalue weighted by molar-refractivity contribution is 5.94. The molecule has 0 aliphatic heterocycles. The Morgan fingerprint density at radius 1 is 1.55 bits per heavy atom. The van der Waals surface area contributed by atoms with E-state index in [-0.39, 0.29) is 17.9 Å². The highest BCUT2D eigenvalue weighted by atomic mass is 16.3. The molecule has 0 spiro atoms. The van der Waals surface area contributed by atoms with Crippen LogP contribution in [0, 0.1) is 11.3 Å². The Kier molecular flexibility index (Phi) is 3.91. The normalized spacial score (nSPS) is 29.1. The first-order valence-electron chi connectivity index (χ1n) is 7.17. The lowest BCUT2D eigenvalue weighted by molar-refractivity contribution is 0.0334. The van der Waals surface area contributed by atoms with E-state index in [0.29, 0.717) is 11.5 Å². The first-order chi connectivity index (χ1) is 9.25. The molecule has 1 aromatic rings. The van der Waals surface area contributed by atoms with E-state index < -0.39 is 5.54 Å². The highest BCUT2D eigenvalue weighted by Gasteiger charge is 2.43. The average Bonchev–Trinajstić information content (AvgIpc) is 2.73. The fourth-order valence-corrected chi connectivity index (χ4v) is 3.85. The van der Waals surface area contributed by atoms with Gasteiger partial charge < -0.3 is 10.4 Å². The minimum atomic E-state index is -0.520. The predicted octanol–water partition coefficient (Wildman–Crippen LogP) is 1.73. The van der Waals surface area contributed by atoms with E-state index in [1.54, 1.807) is 24.1 Å². The number of hydrogen-bond donors (Lipinski definition) is 2. The van der Waals surface area contributed by atoms with Gasteiger partial charge in [-0.2, -0.15) is 5.10 Å². The van der Waals surface area contributed by atoms with Crippen molar-refractivity contribution in [2.75, 3.05) is 6.61 Å². The number of aliphatic hydroxyl groups is 1. The van der Waals surface area contributed by atoms with Crippen LogP contribution in [-0.2, 0) is 7.05 Å². The predicted molar refractivity (Wildman–Crippen MR) is 77.3 cm³/mol. The van der Waals surface area contributed by atoms with Crippen molar-refractivity contribution in [2.45, 2.75) is 45.6 Å². The molecule has 20 heavy (non-hydrogen) atoms. The van der Waals surface area contributed by atoms with E-state index in [9.17, 15) is 9.90 Å². The average molecular weight is 279 g/mol. The molecule has 1 aliphatic carbocycles. The number of amides is 1. The minimum Gasteiger partial charge on any atom is -0.394 e. The molecule has 112 valence electrons. The molecule has 0 bridgehead atoms. The molecule has 0 unspecified atom stereocenters. The summed E-state index contributed by atoms with van der Waals surface area (Å²) >= 11 is 0. The van der Waals surface area contributed by atoms with Crippen LogP contribution in [0.25, 0.3) is 0 Å². The van der Waals surface area contributed by atoms with Gasteiger partial charge in [-0.05, 0) is 30.6 Å². The van der Waals surface area contributed by atoms with Gasteiger partial charge in [0, 0.05) is 13.2 Å². The van der Waals surface area contributed by atoms with Crippen molar-refractivity contribution in [3.05, 3.63) is 18.0 Å². The van der Waals surface area contributed by atoms with Gasteiger partial charge in [0.15, 0.2) is 0 Å². The van der Waals surface area contributed by atoms with Crippen LogP contribution in [0.1, 0.15) is 50.4 Å². The van der Waals surface area contributed by atoms with Gasteiger partial charge in [-0.25, -0.2) is 0 Å². The number of nitrogens with zero attached hydrogens (tertiary/aromatic N) is 2. The molecule has 2 N–H and O–H groups in total. The van der Waals surface area contributed by atoms with Crippen LogP contribution < -0.4 is 5.32 Å². The molecule has 1 heterocycles. The molecule has 2 atom stereocenters. The molecule has 1 amide bonds. The van der Waals surface area contributed by atoms with E-state index in [1.807, 2.05) is 0 Å². The number of aliphatic hydroxyl groups excluding tert-OH is 1. The summed E-state index contributed by atoms with van der Waals surface area (Å²) < 4.78 is 1.61. The zero-order valence-corrected chi connectivity index (χ0v) is 12.8. The number of aryl methyl sites for hydroxylation is 1. The van der Waals surface area contributed by atoms with Crippen LogP contribution in [0.15, 0.2) is 12.4 Å². The Balaban J connectivity index is 2.17. The van der Waals surface area contributed by atoms with E-state index in [0.717, 1.165) is 19.3 Å². The first-order valence-corrected chi connectivity index (χ1v) is 7.17. The van der Waals surface area contributed by atoms with Crippen molar-refractivity contribution < 1.29 is 9.90 Å². The first kappa shape index (κ1) is 15.0. The van der Waals surface area contributed by atoms with E-state index >= 15 is 0 Å². The molecule has 1 saturated carbocycles. The Hall–Kier alpha value is -1.36. The third kappa shape index (κ3) is 3.20. The summed E-state index contributed by atoms with van der Waals surface area (Å²) in [5.41, 5.74) is 0.146. The highest BCUT2D eigenvalue weighted by Crippen LogP contribution is 2.43. The quantitative estimate of drug-likeness (QED) is 0.885. The van der Waals surface area contributed by atoms with E-state index in [4.69, 9.17) is 0 Å². The second-order valence-corrected chi connectivity index (χ2v) is 7.15. The Labute approximate surface area is 120 Å². The number of nitrogens with one attached hydrogen (secondary N) is 1.